The van der Waals surface area contributed by atoms with Gasteiger partial charge in [0.1, 0.15) is 33.4 Å². The molecular weight excluding hydrogens is 481 g/mol. The Balaban J connectivity index is 2.29. The largest absolute Gasteiger partial charge is 0.496 e. The number of rotatable bonds is 8. The van der Waals surface area contributed by atoms with Gasteiger partial charge in [-0.3, -0.25) is 14.2 Å². The van der Waals surface area contributed by atoms with Crippen molar-refractivity contribution in [2.24, 2.45) is 0 Å². The second kappa shape index (κ2) is 10.0. The molecule has 1 amide bonds. The fourth-order valence-corrected chi connectivity index (χ4v) is 4.97. The minimum atomic E-state index is -1.46. The van der Waals surface area contributed by atoms with Crippen molar-refractivity contribution in [3.8, 4) is 5.75 Å². The number of carbonyl (C=O) groups is 2. The molecule has 0 saturated carbocycles. The van der Waals surface area contributed by atoms with Crippen LogP contribution in [0.5, 0.6) is 5.75 Å². The molecule has 3 rings (SSSR count). The molecule has 188 valence electrons. The lowest BCUT2D eigenvalue weighted by Crippen LogP contribution is -2.47. The third kappa shape index (κ3) is 4.84. The molecule has 2 heterocycles. The highest BCUT2D eigenvalue weighted by Gasteiger charge is 2.28. The van der Waals surface area contributed by atoms with E-state index in [-0.39, 0.29) is 38.0 Å². The summed E-state index contributed by atoms with van der Waals surface area (Å²) >= 11 is 0.710. The van der Waals surface area contributed by atoms with Crippen LogP contribution in [-0.2, 0) is 11.3 Å². The molecular formula is C23H26FN3O7S. The highest BCUT2D eigenvalue weighted by molar-refractivity contribution is 7.20. The van der Waals surface area contributed by atoms with Crippen LogP contribution in [0, 0.1) is 12.7 Å². The van der Waals surface area contributed by atoms with Gasteiger partial charge in [0.2, 0.25) is 5.91 Å². The molecule has 0 bridgehead atoms. The highest BCUT2D eigenvalue weighted by atomic mass is 32.1. The molecule has 2 atom stereocenters. The van der Waals surface area contributed by atoms with Crippen LogP contribution in [0.4, 0.5) is 4.39 Å². The van der Waals surface area contributed by atoms with E-state index >= 15 is 0 Å². The summed E-state index contributed by atoms with van der Waals surface area (Å²) in [5.74, 6) is -2.33. The van der Waals surface area contributed by atoms with Gasteiger partial charge in [-0.1, -0.05) is 0 Å². The van der Waals surface area contributed by atoms with Gasteiger partial charge in [-0.2, -0.15) is 0 Å². The number of carbonyl (C=O) groups excluding carboxylic acids is 1. The average molecular weight is 508 g/mol. The number of aryl methyl sites for hydroxylation is 1. The van der Waals surface area contributed by atoms with Gasteiger partial charge >= 0.3 is 11.7 Å². The number of nitrogens with one attached hydrogen (secondary N) is 1. The number of fused-ring (bicyclic) bond motifs is 1. The fourth-order valence-electron chi connectivity index (χ4n) is 3.83. The lowest BCUT2D eigenvalue weighted by Gasteiger charge is -2.20. The Hall–Kier alpha value is -3.51. The highest BCUT2D eigenvalue weighted by Crippen LogP contribution is 2.31. The molecule has 0 spiro atoms. The number of carboxylic acids is 1. The topological polar surface area (TPSA) is 140 Å². The first kappa shape index (κ1) is 26.1. The molecule has 0 aliphatic rings. The Morgan fingerprint density at radius 3 is 2.46 bits per heavy atom. The van der Waals surface area contributed by atoms with Crippen LogP contribution >= 0.6 is 11.3 Å². The summed E-state index contributed by atoms with van der Waals surface area (Å²) in [4.78, 5) is 51.1. The maximum atomic E-state index is 13.9. The average Bonchev–Trinajstić information content (AvgIpc) is 3.13. The van der Waals surface area contributed by atoms with E-state index in [0.717, 1.165) is 21.3 Å². The van der Waals surface area contributed by atoms with Crippen molar-refractivity contribution < 1.29 is 28.9 Å². The molecule has 0 aliphatic carbocycles. The number of halogens is 1. The number of benzene rings is 1. The minimum absolute atomic E-state index is 0.0250. The Bertz CT molecular complexity index is 1420. The molecule has 0 unspecified atom stereocenters. The maximum absolute atomic E-state index is 13.9. The summed E-state index contributed by atoms with van der Waals surface area (Å²) in [7, 11) is 1.34. The van der Waals surface area contributed by atoms with E-state index in [1.54, 1.807) is 13.8 Å². The molecule has 2 aromatic heterocycles. The zero-order chi connectivity index (χ0) is 26.2. The molecule has 10 nitrogen and oxygen atoms in total. The van der Waals surface area contributed by atoms with Crippen molar-refractivity contribution in [1.82, 2.24) is 14.5 Å². The quantitative estimate of drug-likeness (QED) is 0.425. The fraction of sp³-hybridized carbons (Fsp3) is 0.391. The van der Waals surface area contributed by atoms with Crippen LogP contribution in [0.1, 0.15) is 53.7 Å². The van der Waals surface area contributed by atoms with Crippen LogP contribution in [0.2, 0.25) is 0 Å². The van der Waals surface area contributed by atoms with E-state index in [1.165, 1.54) is 27.0 Å². The lowest BCUT2D eigenvalue weighted by molar-refractivity contribution is -0.124. The summed E-state index contributed by atoms with van der Waals surface area (Å²) < 4.78 is 20.8. The van der Waals surface area contributed by atoms with Gasteiger partial charge in [-0.05, 0) is 51.5 Å². The van der Waals surface area contributed by atoms with Crippen molar-refractivity contribution in [3.05, 3.63) is 60.9 Å². The summed E-state index contributed by atoms with van der Waals surface area (Å²) in [6.07, 6.45) is -1.46. The van der Waals surface area contributed by atoms with E-state index in [0.29, 0.717) is 11.3 Å². The van der Waals surface area contributed by atoms with E-state index in [4.69, 9.17) is 4.74 Å². The van der Waals surface area contributed by atoms with Gasteiger partial charge in [0.05, 0.1) is 19.0 Å². The number of hydrogen-bond acceptors (Lipinski definition) is 7. The van der Waals surface area contributed by atoms with Gasteiger partial charge in [-0.25, -0.2) is 18.5 Å². The number of aliphatic hydroxyl groups excluding tert-OH is 1. The number of nitrogens with zero attached hydrogens (tertiary/aromatic N) is 2. The molecule has 3 N–H and O–H groups in total. The number of aliphatic hydroxyl groups is 1. The van der Waals surface area contributed by atoms with Crippen LogP contribution in [-0.4, -0.2) is 44.4 Å². The molecule has 0 fully saturated rings. The molecule has 0 radical (unpaired) electrons. The van der Waals surface area contributed by atoms with E-state index in [9.17, 15) is 33.8 Å². The first-order valence-electron chi connectivity index (χ1n) is 10.7. The van der Waals surface area contributed by atoms with Crippen molar-refractivity contribution in [1.29, 1.82) is 0 Å². The molecule has 3 aromatic rings. The van der Waals surface area contributed by atoms with Gasteiger partial charge < -0.3 is 20.3 Å². The van der Waals surface area contributed by atoms with Crippen molar-refractivity contribution >= 4 is 33.4 Å². The number of ether oxygens (including phenoxy) is 1. The van der Waals surface area contributed by atoms with Crippen molar-refractivity contribution in [3.63, 3.8) is 0 Å². The summed E-state index contributed by atoms with van der Waals surface area (Å²) in [5, 5.41) is 23.1. The van der Waals surface area contributed by atoms with Gasteiger partial charge in [0.15, 0.2) is 0 Å². The number of hydrogen-bond donors (Lipinski definition) is 3. The van der Waals surface area contributed by atoms with Crippen molar-refractivity contribution in [2.75, 3.05) is 7.11 Å². The maximum Gasteiger partial charge on any atom is 0.346 e. The van der Waals surface area contributed by atoms with Crippen LogP contribution < -0.4 is 21.3 Å². The van der Waals surface area contributed by atoms with Gasteiger partial charge in [0.25, 0.3) is 5.56 Å². The third-order valence-electron chi connectivity index (χ3n) is 5.54. The summed E-state index contributed by atoms with van der Waals surface area (Å²) in [6, 6.07) is 2.06. The molecule has 0 saturated heterocycles. The van der Waals surface area contributed by atoms with Gasteiger partial charge in [-0.15, -0.1) is 11.3 Å². The van der Waals surface area contributed by atoms with Crippen LogP contribution in [0.15, 0.2) is 27.8 Å². The Labute approximate surface area is 203 Å². The Morgan fingerprint density at radius 2 is 1.89 bits per heavy atom. The molecule has 12 heteroatoms. The smallest absolute Gasteiger partial charge is 0.346 e. The summed E-state index contributed by atoms with van der Waals surface area (Å²) in [5.41, 5.74) is -1.53. The predicted octanol–water partition coefficient (Wildman–Crippen LogP) is 2.20. The van der Waals surface area contributed by atoms with E-state index < -0.39 is 47.6 Å². The standard InChI is InChI=1S/C23H26FN3O7S/c1-10(2)25-19(29)12(4)27-20(30)17-11(3)18(22(31)32)35-21(17)26(23(27)33)9-15(28)14-8-13(24)6-7-16(14)34-5/h6-8,10,12,15,28H,9H2,1-5H3,(H,25,29)(H,31,32)/t12-,15+/m1/s1. The number of thiophene rings is 1. The number of aromatic carboxylic acids is 1. The number of carboxylic acid groups (broad SMARTS) is 1. The zero-order valence-electron chi connectivity index (χ0n) is 19.8. The Morgan fingerprint density at radius 1 is 1.23 bits per heavy atom. The van der Waals surface area contributed by atoms with Crippen LogP contribution in [0.3, 0.4) is 0 Å². The number of amides is 1. The molecule has 35 heavy (non-hydrogen) atoms. The predicted molar refractivity (Wildman–Crippen MR) is 128 cm³/mol. The number of methoxy groups -OCH3 is 1. The monoisotopic (exact) mass is 507 g/mol. The summed E-state index contributed by atoms with van der Waals surface area (Å²) in [6.45, 7) is 5.81. The minimum Gasteiger partial charge on any atom is -0.496 e. The van der Waals surface area contributed by atoms with Crippen LogP contribution in [0.25, 0.3) is 10.2 Å². The first-order valence-corrected chi connectivity index (χ1v) is 11.5. The first-order chi connectivity index (χ1) is 16.4. The molecule has 1 aromatic carbocycles. The SMILES string of the molecule is COc1ccc(F)cc1[C@@H](O)Cn1c(=O)n([C@H](C)C(=O)NC(C)C)c(=O)c2c(C)c(C(=O)O)sc21. The molecule has 0 aliphatic heterocycles. The normalized spacial score (nSPS) is 13.1. The van der Waals surface area contributed by atoms with Gasteiger partial charge in [0, 0.05) is 11.6 Å². The zero-order valence-corrected chi connectivity index (χ0v) is 20.6. The second-order valence-corrected chi connectivity index (χ2v) is 9.35. The Kier molecular flexibility index (Phi) is 7.46. The second-order valence-electron chi connectivity index (χ2n) is 8.35. The van der Waals surface area contributed by atoms with E-state index in [2.05, 4.69) is 5.32 Å². The lowest BCUT2D eigenvalue weighted by atomic mass is 10.1. The van der Waals surface area contributed by atoms with Crippen molar-refractivity contribution in [2.45, 2.75) is 52.4 Å². The number of aromatic nitrogens is 2. The van der Waals surface area contributed by atoms with E-state index in [1.807, 2.05) is 0 Å². The third-order valence-corrected chi connectivity index (χ3v) is 6.84.